The molecule has 5 heteroatoms. The third kappa shape index (κ3) is 15.1. The lowest BCUT2D eigenvalue weighted by atomic mass is 10.2. The summed E-state index contributed by atoms with van der Waals surface area (Å²) in [5.74, 6) is 0. The lowest BCUT2D eigenvalue weighted by Crippen LogP contribution is -2.28. The maximum atomic E-state index is 8.89. The van der Waals surface area contributed by atoms with Gasteiger partial charge in [0.05, 0.1) is 50.8 Å². The van der Waals surface area contributed by atoms with Gasteiger partial charge >= 0.3 is 0 Å². The fourth-order valence-corrected chi connectivity index (χ4v) is 1.91. The first-order valence-corrected chi connectivity index (χ1v) is 9.06. The molecule has 0 fully saturated rings. The number of hydrogen-bond donors (Lipinski definition) is 1. The molecule has 0 aliphatic carbocycles. The zero-order valence-electron chi connectivity index (χ0n) is 15.8. The van der Waals surface area contributed by atoms with Gasteiger partial charge in [-0.2, -0.15) is 0 Å². The molecule has 23 heavy (non-hydrogen) atoms. The molecule has 0 saturated carbocycles. The van der Waals surface area contributed by atoms with Gasteiger partial charge in [-0.3, -0.25) is 0 Å². The molecule has 0 radical (unpaired) electrons. The predicted octanol–water partition coefficient (Wildman–Crippen LogP) is 3.18. The Bertz CT molecular complexity index is 250. The van der Waals surface area contributed by atoms with Gasteiger partial charge < -0.3 is 24.1 Å². The maximum Gasteiger partial charge on any atom is 0.0781 e. The summed E-state index contributed by atoms with van der Waals surface area (Å²) in [6.45, 7) is 12.5. The average Bonchev–Trinajstić information content (AvgIpc) is 2.55. The van der Waals surface area contributed by atoms with Gasteiger partial charge in [-0.05, 0) is 34.1 Å². The molecule has 0 amide bonds. The van der Waals surface area contributed by atoms with Crippen LogP contribution in [-0.2, 0) is 18.9 Å². The minimum Gasteiger partial charge on any atom is -0.394 e. The molecule has 0 spiro atoms. The van der Waals surface area contributed by atoms with Gasteiger partial charge in [-0.15, -0.1) is 0 Å². The second-order valence-electron chi connectivity index (χ2n) is 6.36. The van der Waals surface area contributed by atoms with Crippen LogP contribution in [0.25, 0.3) is 0 Å². The number of unbranched alkanes of at least 4 members (excludes halogenated alkanes) is 3. The monoisotopic (exact) mass is 334 g/mol. The van der Waals surface area contributed by atoms with Crippen LogP contribution in [-0.4, -0.2) is 62.6 Å². The fraction of sp³-hybridized carbons (Fsp3) is 1.00. The molecule has 1 N–H and O–H groups in total. The molecule has 4 atom stereocenters. The Hall–Kier alpha value is -0.200. The number of hydrogen-bond acceptors (Lipinski definition) is 5. The first-order valence-electron chi connectivity index (χ1n) is 9.06. The Labute approximate surface area is 142 Å². The first-order chi connectivity index (χ1) is 11.0. The normalized spacial score (nSPS) is 17.0. The minimum absolute atomic E-state index is 0.0118. The highest BCUT2D eigenvalue weighted by molar-refractivity contribution is 4.56. The van der Waals surface area contributed by atoms with Crippen LogP contribution < -0.4 is 0 Å². The molecule has 140 valence electrons. The summed E-state index contributed by atoms with van der Waals surface area (Å²) < 4.78 is 22.6. The Morgan fingerprint density at radius 3 is 1.61 bits per heavy atom. The van der Waals surface area contributed by atoms with Crippen LogP contribution in [0.1, 0.15) is 60.3 Å². The standard InChI is InChI=1S/C18H38O5/c1-6-7-8-9-10-20-16(3)12-22-18(5)14-23-17(4)13-21-15(2)11-19/h15-19H,6-14H2,1-5H3. The lowest BCUT2D eigenvalue weighted by molar-refractivity contribution is -0.0891. The molecular weight excluding hydrogens is 296 g/mol. The largest absolute Gasteiger partial charge is 0.394 e. The van der Waals surface area contributed by atoms with Gasteiger partial charge in [0.15, 0.2) is 0 Å². The van der Waals surface area contributed by atoms with Crippen molar-refractivity contribution in [2.24, 2.45) is 0 Å². The molecule has 0 aromatic heterocycles. The Balaban J connectivity index is 3.55. The molecule has 0 heterocycles. The van der Waals surface area contributed by atoms with Crippen molar-refractivity contribution in [1.29, 1.82) is 0 Å². The fourth-order valence-electron chi connectivity index (χ4n) is 1.91. The van der Waals surface area contributed by atoms with Gasteiger partial charge in [0.25, 0.3) is 0 Å². The predicted molar refractivity (Wildman–Crippen MR) is 92.9 cm³/mol. The third-order valence-electron chi connectivity index (χ3n) is 3.50. The van der Waals surface area contributed by atoms with Crippen molar-refractivity contribution in [2.45, 2.75) is 84.7 Å². The summed E-state index contributed by atoms with van der Waals surface area (Å²) in [5.41, 5.74) is 0. The summed E-state index contributed by atoms with van der Waals surface area (Å²) in [7, 11) is 0. The van der Waals surface area contributed by atoms with E-state index in [4.69, 9.17) is 24.1 Å². The average molecular weight is 334 g/mol. The van der Waals surface area contributed by atoms with Crippen LogP contribution in [0.2, 0.25) is 0 Å². The van der Waals surface area contributed by atoms with Crippen molar-refractivity contribution in [2.75, 3.05) is 33.0 Å². The van der Waals surface area contributed by atoms with Crippen LogP contribution in [0, 0.1) is 0 Å². The maximum absolute atomic E-state index is 8.89. The molecule has 0 aliphatic rings. The van der Waals surface area contributed by atoms with Crippen molar-refractivity contribution in [3.05, 3.63) is 0 Å². The van der Waals surface area contributed by atoms with Crippen molar-refractivity contribution < 1.29 is 24.1 Å². The van der Waals surface area contributed by atoms with Crippen LogP contribution in [0.4, 0.5) is 0 Å². The molecule has 0 aliphatic heterocycles. The van der Waals surface area contributed by atoms with Crippen LogP contribution in [0.5, 0.6) is 0 Å². The van der Waals surface area contributed by atoms with Crippen molar-refractivity contribution >= 4 is 0 Å². The van der Waals surface area contributed by atoms with E-state index in [2.05, 4.69) is 6.92 Å². The summed E-state index contributed by atoms with van der Waals surface area (Å²) in [6.07, 6.45) is 4.88. The van der Waals surface area contributed by atoms with E-state index in [1.807, 2.05) is 27.7 Å². The Kier molecular flexibility index (Phi) is 15.2. The lowest BCUT2D eigenvalue weighted by Gasteiger charge is -2.21. The summed E-state index contributed by atoms with van der Waals surface area (Å²) in [5, 5.41) is 8.89. The Morgan fingerprint density at radius 1 is 0.652 bits per heavy atom. The van der Waals surface area contributed by atoms with Crippen LogP contribution in [0.15, 0.2) is 0 Å². The highest BCUT2D eigenvalue weighted by Gasteiger charge is 2.11. The topological polar surface area (TPSA) is 57.2 Å². The van der Waals surface area contributed by atoms with Gasteiger partial charge in [0, 0.05) is 6.61 Å². The molecule has 5 nitrogen and oxygen atoms in total. The second-order valence-corrected chi connectivity index (χ2v) is 6.36. The highest BCUT2D eigenvalue weighted by Crippen LogP contribution is 2.04. The molecule has 0 rings (SSSR count). The second kappa shape index (κ2) is 15.3. The molecular formula is C18H38O5. The van der Waals surface area contributed by atoms with Crippen molar-refractivity contribution in [3.63, 3.8) is 0 Å². The zero-order chi connectivity index (χ0) is 17.5. The number of rotatable bonds is 16. The SMILES string of the molecule is CCCCCCOC(C)COC(C)COC(C)COC(C)CO. The van der Waals surface area contributed by atoms with Crippen molar-refractivity contribution in [1.82, 2.24) is 0 Å². The number of aliphatic hydroxyl groups is 1. The number of ether oxygens (including phenoxy) is 4. The van der Waals surface area contributed by atoms with Crippen LogP contribution >= 0.6 is 0 Å². The van der Waals surface area contributed by atoms with E-state index < -0.39 is 0 Å². The quantitative estimate of drug-likeness (QED) is 0.439. The summed E-state index contributed by atoms with van der Waals surface area (Å²) in [6, 6.07) is 0. The summed E-state index contributed by atoms with van der Waals surface area (Å²) >= 11 is 0. The van der Waals surface area contributed by atoms with E-state index >= 15 is 0 Å². The van der Waals surface area contributed by atoms with Gasteiger partial charge in [-0.1, -0.05) is 26.2 Å². The van der Waals surface area contributed by atoms with Gasteiger partial charge in [-0.25, -0.2) is 0 Å². The van der Waals surface area contributed by atoms with E-state index in [0.29, 0.717) is 19.8 Å². The van der Waals surface area contributed by atoms with Crippen LogP contribution in [0.3, 0.4) is 0 Å². The van der Waals surface area contributed by atoms with Gasteiger partial charge in [0.1, 0.15) is 0 Å². The molecule has 0 bridgehead atoms. The van der Waals surface area contributed by atoms with Crippen molar-refractivity contribution in [3.8, 4) is 0 Å². The third-order valence-corrected chi connectivity index (χ3v) is 3.50. The number of aliphatic hydroxyl groups excluding tert-OH is 1. The molecule has 0 aromatic carbocycles. The van der Waals surface area contributed by atoms with Gasteiger partial charge in [0.2, 0.25) is 0 Å². The molecule has 0 saturated heterocycles. The summed E-state index contributed by atoms with van der Waals surface area (Å²) in [4.78, 5) is 0. The minimum atomic E-state index is -0.148. The zero-order valence-corrected chi connectivity index (χ0v) is 15.8. The van der Waals surface area contributed by atoms with E-state index in [1.165, 1.54) is 19.3 Å². The van der Waals surface area contributed by atoms with E-state index in [-0.39, 0.29) is 31.0 Å². The van der Waals surface area contributed by atoms with E-state index in [9.17, 15) is 0 Å². The molecule has 4 unspecified atom stereocenters. The highest BCUT2D eigenvalue weighted by atomic mass is 16.6. The Morgan fingerprint density at radius 2 is 1.13 bits per heavy atom. The van der Waals surface area contributed by atoms with E-state index in [0.717, 1.165) is 13.0 Å². The molecule has 0 aromatic rings. The first kappa shape index (κ1) is 22.8. The smallest absolute Gasteiger partial charge is 0.0781 e. The van der Waals surface area contributed by atoms with E-state index in [1.54, 1.807) is 0 Å².